The fraction of sp³-hybridized carbons (Fsp3) is 0. The monoisotopic (exact) mass is 1490 g/mol. The second-order valence-corrected chi connectivity index (χ2v) is 21.8. The number of halogens is 30. The van der Waals surface area contributed by atoms with E-state index in [1.54, 1.807) is 5.32 Å². The summed E-state index contributed by atoms with van der Waals surface area (Å²) in [6.07, 6.45) is 0.385. The van der Waals surface area contributed by atoms with Crippen molar-refractivity contribution in [3.63, 3.8) is 0 Å². The lowest BCUT2D eigenvalue weighted by Crippen LogP contribution is -2.24. The van der Waals surface area contributed by atoms with E-state index in [1.165, 1.54) is 0 Å². The highest BCUT2D eigenvalue weighted by Crippen LogP contribution is 2.44. The van der Waals surface area contributed by atoms with Crippen molar-refractivity contribution in [1.82, 2.24) is 20.3 Å². The Bertz CT molecular complexity index is 5950. The van der Waals surface area contributed by atoms with Gasteiger partial charge < -0.3 is 20.3 Å². The Morgan fingerprint density at radius 3 is 0.885 bits per heavy atom. The van der Waals surface area contributed by atoms with Gasteiger partial charge in [-0.15, -0.1) is 0 Å². The number of allylic oxidation sites excluding steroid dienone is 4. The van der Waals surface area contributed by atoms with Gasteiger partial charge in [-0.1, -0.05) is 0 Å². The van der Waals surface area contributed by atoms with Crippen LogP contribution in [0.25, 0.3) is 33.4 Å². The molecule has 9 aromatic rings. The van der Waals surface area contributed by atoms with Crippen LogP contribution < -0.4 is 26.7 Å². The van der Waals surface area contributed by atoms with E-state index in [2.05, 4.69) is 9.98 Å². The summed E-state index contributed by atoms with van der Waals surface area (Å²) in [6.45, 7) is 0. The van der Waals surface area contributed by atoms with E-state index in [-0.39, 0.29) is 42.5 Å². The van der Waals surface area contributed by atoms with Gasteiger partial charge in [0.05, 0.1) is 67.3 Å². The van der Waals surface area contributed by atoms with Crippen molar-refractivity contribution in [2.45, 2.75) is 0 Å². The second kappa shape index (κ2) is 24.8. The third-order valence-electron chi connectivity index (χ3n) is 16.2. The molecule has 0 saturated carbocycles. The van der Waals surface area contributed by atoms with Gasteiger partial charge in [-0.25, -0.2) is 142 Å². The van der Waals surface area contributed by atoms with Crippen molar-refractivity contribution in [2.75, 3.05) is 0 Å². The highest BCUT2D eigenvalue weighted by molar-refractivity contribution is 6.38. The summed E-state index contributed by atoms with van der Waals surface area (Å²) in [7, 11) is 0. The van der Waals surface area contributed by atoms with Crippen LogP contribution in [0.4, 0.5) is 132 Å². The number of amides is 2. The summed E-state index contributed by atoms with van der Waals surface area (Å²) in [6, 6.07) is 1.70. The molecule has 7 heterocycles. The normalized spacial score (nSPS) is 18.2. The molecule has 38 heteroatoms. The van der Waals surface area contributed by atoms with Gasteiger partial charge >= 0.3 is 0 Å². The summed E-state index contributed by atoms with van der Waals surface area (Å²) in [4.78, 5) is 42.2. The van der Waals surface area contributed by atoms with Gasteiger partial charge in [0.25, 0.3) is 11.8 Å². The molecule has 3 aromatic heterocycles. The maximum Gasteiger partial charge on any atom is 0.278 e. The van der Waals surface area contributed by atoms with Gasteiger partial charge in [-0.3, -0.25) is 9.59 Å². The van der Waals surface area contributed by atoms with Crippen molar-refractivity contribution in [1.29, 1.82) is 0 Å². The molecule has 12 bridgehead atoms. The highest BCUT2D eigenvalue weighted by atomic mass is 19.2. The number of aromatic nitrogens is 3. The molecule has 530 valence electrons. The average molecular weight is 1490 g/mol. The third-order valence-corrected chi connectivity index (χ3v) is 16.2. The summed E-state index contributed by atoms with van der Waals surface area (Å²) in [5.41, 5.74) is -37.2. The molecule has 4 aliphatic rings. The summed E-state index contributed by atoms with van der Waals surface area (Å²) in [5, 5.41) is -3.99. The van der Waals surface area contributed by atoms with Crippen molar-refractivity contribution in [2.24, 2.45) is 9.98 Å². The number of aliphatic imine (C=N–C) groups is 2. The standard InChI is InChI=1S/C66H14F30N6O2/c67-35-29(36(68)48(80)59(91)47(35)79)23-11-9-21(101-65(11)103)27(33-43(75)55(87)63(95)56(88)44(33)76)20-8-6-18(100-20)26(32-41(73)53(85)62(94)54(86)42(32)74)16-4-2-14(98-16)24(30-37(69)49(81)60(92)50(82)38(30)70)12-10-22(102-66(12)104)28(34-45(77)57(89)64(96)58(90)46(34)78)19-7-5-17(99-19)25(15-3-1-13(23)97-15)31-39(71)51(83)61(93)52(84)40(31)72/h1-10,97,99-100H,(H,102,104)/b23-13+,24-14+,25-15+,26-18+,27-20+,28-22+. The lowest BCUT2D eigenvalue weighted by Gasteiger charge is -2.15. The fourth-order valence-corrected chi connectivity index (χ4v) is 11.6. The Labute approximate surface area is 550 Å². The summed E-state index contributed by atoms with van der Waals surface area (Å²) in [5.74, 6) is -93.1. The second-order valence-electron chi connectivity index (χ2n) is 21.8. The molecule has 0 atom stereocenters. The highest BCUT2D eigenvalue weighted by Gasteiger charge is 2.42. The predicted octanol–water partition coefficient (Wildman–Crippen LogP) is 13.5. The molecule has 2 amide bonds. The van der Waals surface area contributed by atoms with Gasteiger partial charge in [-0.2, -0.15) is 0 Å². The molecule has 13 rings (SSSR count). The largest absolute Gasteiger partial charge is 0.354 e. The van der Waals surface area contributed by atoms with Crippen LogP contribution in [0.3, 0.4) is 0 Å². The molecule has 6 aromatic carbocycles. The Morgan fingerprint density at radius 2 is 0.519 bits per heavy atom. The predicted molar refractivity (Wildman–Crippen MR) is 294 cm³/mol. The van der Waals surface area contributed by atoms with E-state index in [9.17, 15) is 35.9 Å². The average Bonchev–Trinajstić information content (AvgIpc) is 1.55. The molecule has 0 spiro atoms. The molecular weight excluding hydrogens is 1480 g/mol. The first-order chi connectivity index (χ1) is 48.9. The number of carbonyl (C=O) groups excluding carboxylic acids is 2. The number of benzene rings is 6. The van der Waals surface area contributed by atoms with Crippen LogP contribution in [0.5, 0.6) is 0 Å². The van der Waals surface area contributed by atoms with Crippen LogP contribution in [-0.4, -0.2) is 38.2 Å². The number of rotatable bonds is 6. The van der Waals surface area contributed by atoms with Crippen LogP contribution in [-0.2, 0) is 9.59 Å². The Kier molecular flexibility index (Phi) is 16.7. The van der Waals surface area contributed by atoms with E-state index >= 15 is 105 Å². The van der Waals surface area contributed by atoms with E-state index in [1.807, 2.05) is 15.0 Å². The van der Waals surface area contributed by atoms with E-state index in [0.717, 1.165) is 0 Å². The van der Waals surface area contributed by atoms with Gasteiger partial charge in [0.15, 0.2) is 140 Å². The number of hydrogen-bond donors (Lipinski definition) is 4. The van der Waals surface area contributed by atoms with Crippen molar-refractivity contribution in [3.05, 3.63) is 324 Å². The quantitative estimate of drug-likeness (QED) is 0.0754. The lowest BCUT2D eigenvalue weighted by molar-refractivity contribution is -0.116. The summed E-state index contributed by atoms with van der Waals surface area (Å²) >= 11 is 0. The molecule has 104 heavy (non-hydrogen) atoms. The third kappa shape index (κ3) is 10.2. The number of hydrogen-bond acceptors (Lipinski definition) is 3. The molecule has 0 fully saturated rings. The number of fused-ring (bicyclic) bond motifs is 9. The van der Waals surface area contributed by atoms with Crippen molar-refractivity contribution < 1.29 is 141 Å². The number of aromatic amines is 3. The van der Waals surface area contributed by atoms with Crippen LogP contribution in [0.1, 0.15) is 44.8 Å². The zero-order valence-corrected chi connectivity index (χ0v) is 48.8. The fourth-order valence-electron chi connectivity index (χ4n) is 11.6. The molecule has 4 N–H and O–H groups in total. The molecule has 8 nitrogen and oxygen atoms in total. The zero-order chi connectivity index (χ0) is 75.6. The smallest absolute Gasteiger partial charge is 0.278 e. The molecule has 0 radical (unpaired) electrons. The van der Waals surface area contributed by atoms with Crippen LogP contribution >= 0.6 is 0 Å². The first-order valence-electron chi connectivity index (χ1n) is 27.8. The minimum Gasteiger partial charge on any atom is -0.354 e. The van der Waals surface area contributed by atoms with Gasteiger partial charge in [0, 0.05) is 66.2 Å². The SMILES string of the molecule is O=C1N=C2C=C1/C(c1c(F)c(F)c(F)c(F)c1F)=c1/cc/c([nH]1)=C(\c1c(F)c(F)c(F)c(F)c1F)c1ccc([nH]1)/C(c1c(F)c(F)c(F)c(F)c1F)=C1C=C(C(=O)N/1)/C(c1c(F)c(F)c(F)c(F)c1F)=C1/C=CC(=N1)/C(c1c(F)c(F)c(F)c(F)c1F)=c1/cc/c([nH]1)=C/2c1c(F)c(F)c(F)c(F)c1F. The first-order valence-corrected chi connectivity index (χ1v) is 27.8. The Morgan fingerprint density at radius 1 is 0.240 bits per heavy atom. The Balaban J connectivity index is 1.30. The number of nitrogens with one attached hydrogen (secondary N) is 4. The van der Waals surface area contributed by atoms with Gasteiger partial charge in [0.2, 0.25) is 34.9 Å². The molecule has 0 aliphatic carbocycles. The number of carbonyl (C=O) groups is 2. The maximum absolute atomic E-state index is 16.5. The molecule has 4 aliphatic heterocycles. The van der Waals surface area contributed by atoms with E-state index in [0.29, 0.717) is 18.2 Å². The van der Waals surface area contributed by atoms with Crippen LogP contribution in [0, 0.1) is 175 Å². The molecule has 0 saturated heterocycles. The minimum atomic E-state index is -3.02. The van der Waals surface area contributed by atoms with Crippen LogP contribution in [0.2, 0.25) is 0 Å². The minimum absolute atomic E-state index is 0.0191. The summed E-state index contributed by atoms with van der Waals surface area (Å²) < 4.78 is 473. The number of H-pyrrole nitrogens is 3. The van der Waals surface area contributed by atoms with Gasteiger partial charge in [-0.05, 0) is 60.7 Å². The van der Waals surface area contributed by atoms with Crippen molar-refractivity contribution >= 4 is 56.7 Å². The maximum atomic E-state index is 16.5. The van der Waals surface area contributed by atoms with E-state index < -0.39 is 320 Å². The number of nitrogens with zero attached hydrogens (tertiary/aromatic N) is 2. The van der Waals surface area contributed by atoms with Crippen LogP contribution in [0.15, 0.2) is 93.2 Å². The molecule has 0 unspecified atom stereocenters. The Hall–Kier alpha value is -12.3. The lowest BCUT2D eigenvalue weighted by atomic mass is 9.93. The van der Waals surface area contributed by atoms with E-state index in [4.69, 9.17) is 0 Å². The first kappa shape index (κ1) is 70.2. The topological polar surface area (TPSA) is 118 Å². The van der Waals surface area contributed by atoms with Gasteiger partial charge in [0.1, 0.15) is 0 Å². The molecular formula is C66H14F30N6O2. The van der Waals surface area contributed by atoms with Crippen molar-refractivity contribution in [3.8, 4) is 0 Å². The zero-order valence-electron chi connectivity index (χ0n) is 48.8.